The summed E-state index contributed by atoms with van der Waals surface area (Å²) in [7, 11) is 2.83. The highest BCUT2D eigenvalue weighted by Gasteiger charge is 2.50. The van der Waals surface area contributed by atoms with E-state index < -0.39 is 74.0 Å². The maximum Gasteiger partial charge on any atom is 0.186 e. The number of aliphatic hydroxyl groups excluding tert-OH is 4. The van der Waals surface area contributed by atoms with Gasteiger partial charge in [0.2, 0.25) is 0 Å². The van der Waals surface area contributed by atoms with Gasteiger partial charge in [-0.25, -0.2) is 0 Å². The molecule has 0 bridgehead atoms. The maximum absolute atomic E-state index is 10.1. The predicted octanol–water partition coefficient (Wildman–Crippen LogP) is 0.387. The van der Waals surface area contributed by atoms with Crippen molar-refractivity contribution in [2.45, 2.75) is 74.0 Å². The van der Waals surface area contributed by atoms with Gasteiger partial charge in [0.15, 0.2) is 25.2 Å². The molecule has 12 heteroatoms. The van der Waals surface area contributed by atoms with Crippen LogP contribution in [0.5, 0.6) is 0 Å². The molecule has 4 fully saturated rings. The number of ether oxygens (including phenoxy) is 8. The van der Waals surface area contributed by atoms with Crippen molar-refractivity contribution in [3.8, 4) is 0 Å². The summed E-state index contributed by atoms with van der Waals surface area (Å²) in [5, 5.41) is 40.1. The highest BCUT2D eigenvalue weighted by Crippen LogP contribution is 2.35. The molecule has 4 heterocycles. The Balaban J connectivity index is 0.000000161. The zero-order chi connectivity index (χ0) is 28.2. The van der Waals surface area contributed by atoms with E-state index in [4.69, 9.17) is 37.9 Å². The first-order valence-corrected chi connectivity index (χ1v) is 13.1. The van der Waals surface area contributed by atoms with Crippen LogP contribution in [-0.2, 0) is 37.9 Å². The van der Waals surface area contributed by atoms with Crippen LogP contribution >= 0.6 is 0 Å². The van der Waals surface area contributed by atoms with Crippen molar-refractivity contribution in [2.75, 3.05) is 27.4 Å². The Kier molecular flexibility index (Phi) is 9.79. The monoisotopic (exact) mass is 564 g/mol. The summed E-state index contributed by atoms with van der Waals surface area (Å²) < 4.78 is 43.7. The molecule has 4 saturated heterocycles. The van der Waals surface area contributed by atoms with Gasteiger partial charge in [-0.05, 0) is 0 Å². The largest absolute Gasteiger partial charge is 0.387 e. The third kappa shape index (κ3) is 6.23. The Morgan fingerprint density at radius 3 is 1.27 bits per heavy atom. The van der Waals surface area contributed by atoms with Crippen LogP contribution in [0.3, 0.4) is 0 Å². The first-order chi connectivity index (χ1) is 19.4. The average molecular weight is 565 g/mol. The second kappa shape index (κ2) is 13.3. The minimum absolute atomic E-state index is 0.272. The topological polar surface area (TPSA) is 155 Å². The standard InChI is InChI=1S/2C14H18O6/c2*1-17-14-11(16)10(15)12-9(19-14)7-18-13(20-12)8-5-3-2-4-6-8/h2*2-6,9-16H,7H2,1H3. The fraction of sp³-hybridized carbons (Fsp3) is 0.571. The van der Waals surface area contributed by atoms with Gasteiger partial charge in [-0.15, -0.1) is 0 Å². The zero-order valence-electron chi connectivity index (χ0n) is 22.2. The summed E-state index contributed by atoms with van der Waals surface area (Å²) in [5.74, 6) is 0. The van der Waals surface area contributed by atoms with Gasteiger partial charge in [0.05, 0.1) is 13.2 Å². The van der Waals surface area contributed by atoms with Crippen LogP contribution in [0.15, 0.2) is 60.7 Å². The number of hydrogen-bond acceptors (Lipinski definition) is 12. The fourth-order valence-corrected chi connectivity index (χ4v) is 5.10. The van der Waals surface area contributed by atoms with Crippen LogP contribution in [0.25, 0.3) is 0 Å². The second-order valence-corrected chi connectivity index (χ2v) is 9.87. The van der Waals surface area contributed by atoms with Crippen molar-refractivity contribution < 1.29 is 58.3 Å². The fourth-order valence-electron chi connectivity index (χ4n) is 5.10. The molecule has 4 N–H and O–H groups in total. The molecule has 0 saturated carbocycles. The van der Waals surface area contributed by atoms with Gasteiger partial charge in [0, 0.05) is 25.3 Å². The highest BCUT2D eigenvalue weighted by molar-refractivity contribution is 5.17. The van der Waals surface area contributed by atoms with Crippen molar-refractivity contribution in [3.63, 3.8) is 0 Å². The van der Waals surface area contributed by atoms with Crippen molar-refractivity contribution in [2.24, 2.45) is 0 Å². The van der Waals surface area contributed by atoms with E-state index in [1.165, 1.54) is 14.2 Å². The quantitative estimate of drug-likeness (QED) is 0.406. The summed E-state index contributed by atoms with van der Waals surface area (Å²) >= 11 is 0. The summed E-state index contributed by atoms with van der Waals surface area (Å²) in [4.78, 5) is 0. The summed E-state index contributed by atoms with van der Waals surface area (Å²) in [6, 6.07) is 18.9. The first-order valence-electron chi connectivity index (χ1n) is 13.1. The van der Waals surface area contributed by atoms with E-state index >= 15 is 0 Å². The first kappa shape index (κ1) is 29.5. The van der Waals surface area contributed by atoms with Gasteiger partial charge in [0.1, 0.15) is 48.8 Å². The molecule has 0 amide bonds. The van der Waals surface area contributed by atoms with Crippen LogP contribution in [0.4, 0.5) is 0 Å². The molecule has 12 unspecified atom stereocenters. The van der Waals surface area contributed by atoms with Gasteiger partial charge in [-0.2, -0.15) is 0 Å². The second-order valence-electron chi connectivity index (χ2n) is 9.87. The molecule has 0 spiro atoms. The molecule has 0 aliphatic carbocycles. The molecule has 0 radical (unpaired) electrons. The number of fused-ring (bicyclic) bond motifs is 2. The van der Waals surface area contributed by atoms with E-state index in [1.54, 1.807) is 0 Å². The third-order valence-electron chi connectivity index (χ3n) is 7.27. The molecule has 4 aliphatic rings. The Morgan fingerprint density at radius 2 is 0.925 bits per heavy atom. The van der Waals surface area contributed by atoms with E-state index in [1.807, 2.05) is 60.7 Å². The van der Waals surface area contributed by atoms with Gasteiger partial charge in [-0.1, -0.05) is 60.7 Å². The molecule has 220 valence electrons. The zero-order valence-corrected chi connectivity index (χ0v) is 22.2. The molecule has 0 aromatic heterocycles. The molecule has 2 aromatic rings. The Bertz CT molecular complexity index is 957. The van der Waals surface area contributed by atoms with Gasteiger partial charge < -0.3 is 58.3 Å². The van der Waals surface area contributed by atoms with Crippen LogP contribution in [0, 0.1) is 0 Å². The molecular formula is C28H36O12. The summed E-state index contributed by atoms with van der Waals surface area (Å²) in [6.45, 7) is 0.543. The Labute approximate surface area is 231 Å². The molecule has 12 nitrogen and oxygen atoms in total. The summed E-state index contributed by atoms with van der Waals surface area (Å²) in [5.41, 5.74) is 1.73. The molecule has 2 aromatic carbocycles. The molecule has 4 aliphatic heterocycles. The molecule has 40 heavy (non-hydrogen) atoms. The lowest BCUT2D eigenvalue weighted by Crippen LogP contribution is -2.62. The molecule has 12 atom stereocenters. The lowest BCUT2D eigenvalue weighted by Gasteiger charge is -2.45. The SMILES string of the molecule is COC1OC2COC(c3ccccc3)OC2C(O)C1O.COC1OC2COC(c3ccccc3)OC2C(O)C1O. The molecule has 6 rings (SSSR count). The predicted molar refractivity (Wildman–Crippen MR) is 135 cm³/mol. The van der Waals surface area contributed by atoms with Gasteiger partial charge >= 0.3 is 0 Å². The third-order valence-corrected chi connectivity index (χ3v) is 7.27. The normalized spacial score (nSPS) is 41.1. The van der Waals surface area contributed by atoms with Gasteiger partial charge in [-0.3, -0.25) is 0 Å². The minimum atomic E-state index is -1.14. The maximum atomic E-state index is 10.1. The van der Waals surface area contributed by atoms with Crippen LogP contribution < -0.4 is 0 Å². The van der Waals surface area contributed by atoms with Crippen LogP contribution in [0.2, 0.25) is 0 Å². The summed E-state index contributed by atoms with van der Waals surface area (Å²) in [6.07, 6.45) is -9.51. The van der Waals surface area contributed by atoms with Crippen LogP contribution in [0.1, 0.15) is 23.7 Å². The van der Waals surface area contributed by atoms with Crippen molar-refractivity contribution in [1.82, 2.24) is 0 Å². The van der Waals surface area contributed by atoms with E-state index in [0.29, 0.717) is 0 Å². The Hall–Kier alpha value is -2.04. The van der Waals surface area contributed by atoms with Crippen LogP contribution in [-0.4, -0.2) is 109 Å². The number of methoxy groups -OCH3 is 2. The lowest BCUT2D eigenvalue weighted by molar-refractivity contribution is -0.358. The van der Waals surface area contributed by atoms with E-state index in [9.17, 15) is 20.4 Å². The number of aliphatic hydroxyl groups is 4. The van der Waals surface area contributed by atoms with Crippen molar-refractivity contribution >= 4 is 0 Å². The van der Waals surface area contributed by atoms with Crippen molar-refractivity contribution in [1.29, 1.82) is 0 Å². The number of rotatable bonds is 4. The van der Waals surface area contributed by atoms with E-state index in [2.05, 4.69) is 0 Å². The number of benzene rings is 2. The van der Waals surface area contributed by atoms with Crippen molar-refractivity contribution in [3.05, 3.63) is 71.8 Å². The lowest BCUT2D eigenvalue weighted by atomic mass is 9.98. The van der Waals surface area contributed by atoms with E-state index in [-0.39, 0.29) is 13.2 Å². The smallest absolute Gasteiger partial charge is 0.186 e. The number of hydrogen-bond donors (Lipinski definition) is 4. The highest BCUT2D eigenvalue weighted by atomic mass is 16.8. The molecular weight excluding hydrogens is 528 g/mol. The Morgan fingerprint density at radius 1 is 0.550 bits per heavy atom. The van der Waals surface area contributed by atoms with Gasteiger partial charge in [0.25, 0.3) is 0 Å². The minimum Gasteiger partial charge on any atom is -0.387 e. The van der Waals surface area contributed by atoms with E-state index in [0.717, 1.165) is 11.1 Å². The average Bonchev–Trinajstić information content (AvgIpc) is 3.01.